The van der Waals surface area contributed by atoms with E-state index < -0.39 is 17.6 Å². The van der Waals surface area contributed by atoms with Gasteiger partial charge in [-0.1, -0.05) is 6.92 Å². The number of carbonyl (C=O) groups excluding carboxylic acids is 2. The van der Waals surface area contributed by atoms with Crippen molar-refractivity contribution in [2.75, 3.05) is 19.7 Å². The van der Waals surface area contributed by atoms with E-state index in [1.807, 2.05) is 25.7 Å². The molecule has 2 rings (SSSR count). The van der Waals surface area contributed by atoms with Crippen LogP contribution in [0.4, 0.5) is 0 Å². The fourth-order valence-corrected chi connectivity index (χ4v) is 2.93. The number of amides is 2. The van der Waals surface area contributed by atoms with Gasteiger partial charge in [-0.15, -0.1) is 0 Å². The summed E-state index contributed by atoms with van der Waals surface area (Å²) in [6, 6.07) is -0.501. The molecule has 2 atom stereocenters. The van der Waals surface area contributed by atoms with Gasteiger partial charge in [0.1, 0.15) is 6.61 Å². The van der Waals surface area contributed by atoms with Crippen molar-refractivity contribution in [1.29, 1.82) is 0 Å². The van der Waals surface area contributed by atoms with E-state index in [0.717, 1.165) is 6.42 Å². The van der Waals surface area contributed by atoms with Crippen molar-refractivity contribution >= 4 is 17.8 Å². The molecule has 2 unspecified atom stereocenters. The second-order valence-corrected chi connectivity index (χ2v) is 6.12. The molecule has 0 aromatic rings. The van der Waals surface area contributed by atoms with Crippen LogP contribution in [-0.2, 0) is 19.1 Å². The zero-order valence-electron chi connectivity index (χ0n) is 12.7. The van der Waals surface area contributed by atoms with Crippen LogP contribution in [-0.4, -0.2) is 70.1 Å². The molecule has 2 aliphatic rings. The monoisotopic (exact) mass is 298 g/mol. The molecule has 7 heteroatoms. The molecule has 0 saturated carbocycles. The van der Waals surface area contributed by atoms with E-state index in [0.29, 0.717) is 13.1 Å². The molecule has 2 fully saturated rings. The van der Waals surface area contributed by atoms with Gasteiger partial charge in [-0.3, -0.25) is 19.4 Å². The number of hydrogen-bond acceptors (Lipinski definition) is 5. The van der Waals surface area contributed by atoms with Gasteiger partial charge >= 0.3 is 5.97 Å². The van der Waals surface area contributed by atoms with Gasteiger partial charge in [0.2, 0.25) is 11.8 Å². The number of rotatable bonds is 6. The van der Waals surface area contributed by atoms with E-state index in [-0.39, 0.29) is 30.9 Å². The molecule has 0 radical (unpaired) electrons. The Labute approximate surface area is 123 Å². The molecule has 1 N–H and O–H groups in total. The first-order chi connectivity index (χ1) is 9.77. The van der Waals surface area contributed by atoms with E-state index in [4.69, 9.17) is 9.84 Å². The first kappa shape index (κ1) is 15.9. The molecule has 2 heterocycles. The largest absolute Gasteiger partial charge is 0.480 e. The van der Waals surface area contributed by atoms with Crippen LogP contribution < -0.4 is 0 Å². The molecule has 21 heavy (non-hydrogen) atoms. The normalized spacial score (nSPS) is 26.8. The van der Waals surface area contributed by atoms with Crippen LogP contribution in [0.15, 0.2) is 0 Å². The number of carbonyl (C=O) groups is 3. The summed E-state index contributed by atoms with van der Waals surface area (Å²) in [7, 11) is 0. The summed E-state index contributed by atoms with van der Waals surface area (Å²) in [6.45, 7) is 6.23. The third kappa shape index (κ3) is 3.08. The van der Waals surface area contributed by atoms with Crippen LogP contribution in [0.5, 0.6) is 0 Å². The third-order valence-corrected chi connectivity index (χ3v) is 4.25. The first-order valence-electron chi connectivity index (χ1n) is 7.23. The lowest BCUT2D eigenvalue weighted by molar-refractivity contribution is -0.172. The minimum Gasteiger partial charge on any atom is -0.480 e. The number of aliphatic carboxylic acids is 1. The highest BCUT2D eigenvalue weighted by atomic mass is 16.5. The van der Waals surface area contributed by atoms with Gasteiger partial charge in [-0.05, 0) is 20.3 Å². The zero-order chi connectivity index (χ0) is 15.8. The minimum atomic E-state index is -1.01. The molecule has 118 valence electrons. The second-order valence-electron chi connectivity index (χ2n) is 6.12. The van der Waals surface area contributed by atoms with Crippen molar-refractivity contribution in [3.63, 3.8) is 0 Å². The zero-order valence-corrected chi connectivity index (χ0v) is 12.7. The smallest absolute Gasteiger partial charge is 0.329 e. The fourth-order valence-electron chi connectivity index (χ4n) is 2.93. The molecule has 2 aliphatic heterocycles. The van der Waals surface area contributed by atoms with Crippen molar-refractivity contribution in [1.82, 2.24) is 9.80 Å². The lowest BCUT2D eigenvalue weighted by Gasteiger charge is -2.49. The Bertz CT molecular complexity index is 458. The topological polar surface area (TPSA) is 87.2 Å². The number of imide groups is 1. The van der Waals surface area contributed by atoms with E-state index in [9.17, 15) is 14.4 Å². The average Bonchev–Trinajstić information content (AvgIpc) is 2.67. The Morgan fingerprint density at radius 3 is 2.62 bits per heavy atom. The third-order valence-electron chi connectivity index (χ3n) is 4.25. The summed E-state index contributed by atoms with van der Waals surface area (Å²) in [6.07, 6.45) is 0.946. The number of nitrogens with zero attached hydrogens (tertiary/aromatic N) is 2. The Morgan fingerprint density at radius 2 is 2.10 bits per heavy atom. The standard InChI is InChI=1S/C14H22N2O5/c1-4-9(2)16-11(17)5-10(13(16)20)15-7-14(3,8-15)21-6-12(18)19/h9-10H,4-8H2,1-3H3,(H,18,19). The Morgan fingerprint density at radius 1 is 1.48 bits per heavy atom. The summed E-state index contributed by atoms with van der Waals surface area (Å²) < 4.78 is 5.32. The Hall–Kier alpha value is -1.47. The van der Waals surface area contributed by atoms with Gasteiger partial charge in [0, 0.05) is 19.1 Å². The highest BCUT2D eigenvalue weighted by Crippen LogP contribution is 2.31. The summed E-state index contributed by atoms with van der Waals surface area (Å²) in [5, 5.41) is 8.63. The number of carboxylic acid groups (broad SMARTS) is 1. The molecule has 0 bridgehead atoms. The van der Waals surface area contributed by atoms with Crippen LogP contribution in [0.3, 0.4) is 0 Å². The number of hydrogen-bond donors (Lipinski definition) is 1. The molecule has 0 spiro atoms. The van der Waals surface area contributed by atoms with Crippen molar-refractivity contribution in [3.05, 3.63) is 0 Å². The van der Waals surface area contributed by atoms with Gasteiger partial charge in [0.05, 0.1) is 18.1 Å². The lowest BCUT2D eigenvalue weighted by atomic mass is 9.93. The van der Waals surface area contributed by atoms with Crippen molar-refractivity contribution in [3.8, 4) is 0 Å². The summed E-state index contributed by atoms with van der Waals surface area (Å²) in [5.74, 6) is -1.28. The Balaban J connectivity index is 1.92. The number of likely N-dealkylation sites (tertiary alicyclic amines) is 2. The Kier molecular flexibility index (Phi) is 4.34. The van der Waals surface area contributed by atoms with Crippen LogP contribution in [0.1, 0.15) is 33.6 Å². The van der Waals surface area contributed by atoms with Crippen LogP contribution >= 0.6 is 0 Å². The lowest BCUT2D eigenvalue weighted by Crippen LogP contribution is -2.65. The molecule has 0 aromatic carbocycles. The molecule has 7 nitrogen and oxygen atoms in total. The van der Waals surface area contributed by atoms with Gasteiger partial charge in [0.15, 0.2) is 0 Å². The maximum Gasteiger partial charge on any atom is 0.329 e. The SMILES string of the molecule is CCC(C)N1C(=O)CC(N2CC(C)(OCC(=O)O)C2)C1=O. The summed E-state index contributed by atoms with van der Waals surface area (Å²) in [4.78, 5) is 38.1. The maximum atomic E-state index is 12.4. The molecule has 0 aromatic heterocycles. The fraction of sp³-hybridized carbons (Fsp3) is 0.786. The summed E-state index contributed by atoms with van der Waals surface area (Å²) in [5.41, 5.74) is -0.550. The predicted octanol–water partition coefficient (Wildman–Crippen LogP) is 0.0879. The quantitative estimate of drug-likeness (QED) is 0.699. The van der Waals surface area contributed by atoms with E-state index >= 15 is 0 Å². The second kappa shape index (κ2) is 5.73. The van der Waals surface area contributed by atoms with Crippen molar-refractivity contribution in [2.24, 2.45) is 0 Å². The van der Waals surface area contributed by atoms with Crippen LogP contribution in [0.25, 0.3) is 0 Å². The number of carboxylic acids is 1. The van der Waals surface area contributed by atoms with Gasteiger partial charge in [-0.25, -0.2) is 4.79 Å². The van der Waals surface area contributed by atoms with Crippen molar-refractivity contribution in [2.45, 2.75) is 51.3 Å². The van der Waals surface area contributed by atoms with Crippen molar-refractivity contribution < 1.29 is 24.2 Å². The molecule has 2 saturated heterocycles. The number of ether oxygens (including phenoxy) is 1. The van der Waals surface area contributed by atoms with Crippen LogP contribution in [0, 0.1) is 0 Å². The highest BCUT2D eigenvalue weighted by molar-refractivity contribution is 6.05. The molecular formula is C14H22N2O5. The average molecular weight is 298 g/mol. The molecular weight excluding hydrogens is 276 g/mol. The van der Waals surface area contributed by atoms with Gasteiger partial charge < -0.3 is 9.84 Å². The van der Waals surface area contributed by atoms with E-state index in [1.54, 1.807) is 0 Å². The van der Waals surface area contributed by atoms with Crippen LogP contribution in [0.2, 0.25) is 0 Å². The van der Waals surface area contributed by atoms with Gasteiger partial charge in [0.25, 0.3) is 0 Å². The molecule has 2 amide bonds. The summed E-state index contributed by atoms with van der Waals surface area (Å²) >= 11 is 0. The molecule has 0 aliphatic carbocycles. The highest BCUT2D eigenvalue weighted by Gasteiger charge is 2.51. The van der Waals surface area contributed by atoms with E-state index in [1.165, 1.54) is 4.90 Å². The van der Waals surface area contributed by atoms with E-state index in [2.05, 4.69) is 0 Å². The first-order valence-corrected chi connectivity index (χ1v) is 7.23. The van der Waals surface area contributed by atoms with Gasteiger partial charge in [-0.2, -0.15) is 0 Å². The maximum absolute atomic E-state index is 12.4. The minimum absolute atomic E-state index is 0.0779. The predicted molar refractivity (Wildman–Crippen MR) is 73.6 cm³/mol.